The van der Waals surface area contributed by atoms with Crippen LogP contribution in [0.1, 0.15) is 18.1 Å². The minimum Gasteiger partial charge on any atom is -0.493 e. The van der Waals surface area contributed by atoms with Crippen LogP contribution >= 0.6 is 11.6 Å². The zero-order valence-electron chi connectivity index (χ0n) is 13.1. The summed E-state index contributed by atoms with van der Waals surface area (Å²) in [4.78, 5) is 0. The second-order valence-electron chi connectivity index (χ2n) is 4.93. The lowest BCUT2D eigenvalue weighted by Crippen LogP contribution is -2.17. The Morgan fingerprint density at radius 2 is 1.86 bits per heavy atom. The van der Waals surface area contributed by atoms with Crippen LogP contribution in [-0.4, -0.2) is 20.3 Å². The standard InChI is InChI=1S/C18H22ClNO2/c1-3-22-18-15(5-4-6-17(18)21-2)13-20-12-11-14-7-9-16(19)10-8-14/h4-10,20H,3,11-13H2,1-2H3. The largest absolute Gasteiger partial charge is 0.493 e. The minimum atomic E-state index is 0.623. The molecule has 22 heavy (non-hydrogen) atoms. The van der Waals surface area contributed by atoms with Crippen molar-refractivity contribution < 1.29 is 9.47 Å². The summed E-state index contributed by atoms with van der Waals surface area (Å²) in [6, 6.07) is 13.9. The van der Waals surface area contributed by atoms with Crippen LogP contribution in [0.25, 0.3) is 0 Å². The normalized spacial score (nSPS) is 10.5. The fourth-order valence-electron chi connectivity index (χ4n) is 2.28. The van der Waals surface area contributed by atoms with Crippen molar-refractivity contribution in [1.82, 2.24) is 5.32 Å². The lowest BCUT2D eigenvalue weighted by molar-refractivity contribution is 0.307. The summed E-state index contributed by atoms with van der Waals surface area (Å²) in [7, 11) is 1.66. The Labute approximate surface area is 137 Å². The molecule has 0 bridgehead atoms. The molecule has 0 radical (unpaired) electrons. The molecule has 0 heterocycles. The van der Waals surface area contributed by atoms with Crippen molar-refractivity contribution in [3.63, 3.8) is 0 Å². The molecular formula is C18H22ClNO2. The van der Waals surface area contributed by atoms with Gasteiger partial charge in [0, 0.05) is 17.1 Å². The van der Waals surface area contributed by atoms with Gasteiger partial charge in [0.25, 0.3) is 0 Å². The van der Waals surface area contributed by atoms with E-state index in [-0.39, 0.29) is 0 Å². The Hall–Kier alpha value is -1.71. The molecular weight excluding hydrogens is 298 g/mol. The molecule has 0 amide bonds. The van der Waals surface area contributed by atoms with Crippen LogP contribution in [0.2, 0.25) is 5.02 Å². The van der Waals surface area contributed by atoms with Gasteiger partial charge in [0.05, 0.1) is 13.7 Å². The van der Waals surface area contributed by atoms with Crippen LogP contribution in [0.15, 0.2) is 42.5 Å². The molecule has 0 aromatic heterocycles. The molecule has 2 aromatic rings. The van der Waals surface area contributed by atoms with Crippen LogP contribution in [0.4, 0.5) is 0 Å². The number of halogens is 1. The van der Waals surface area contributed by atoms with Crippen LogP contribution in [0.5, 0.6) is 11.5 Å². The number of benzene rings is 2. The van der Waals surface area contributed by atoms with E-state index in [2.05, 4.69) is 23.5 Å². The van der Waals surface area contributed by atoms with E-state index in [1.54, 1.807) is 7.11 Å². The van der Waals surface area contributed by atoms with Crippen LogP contribution in [0.3, 0.4) is 0 Å². The average molecular weight is 320 g/mol. The van der Waals surface area contributed by atoms with Crippen molar-refractivity contribution in [3.05, 3.63) is 58.6 Å². The zero-order chi connectivity index (χ0) is 15.8. The van der Waals surface area contributed by atoms with E-state index in [1.807, 2.05) is 31.2 Å². The number of ether oxygens (including phenoxy) is 2. The molecule has 4 heteroatoms. The number of hydrogen-bond donors (Lipinski definition) is 1. The van der Waals surface area contributed by atoms with Crippen LogP contribution in [0, 0.1) is 0 Å². The van der Waals surface area contributed by atoms with Gasteiger partial charge in [0.1, 0.15) is 0 Å². The number of methoxy groups -OCH3 is 1. The van der Waals surface area contributed by atoms with E-state index in [9.17, 15) is 0 Å². The maximum atomic E-state index is 5.89. The smallest absolute Gasteiger partial charge is 0.165 e. The maximum absolute atomic E-state index is 5.89. The van der Waals surface area contributed by atoms with Gasteiger partial charge in [0.2, 0.25) is 0 Å². The molecule has 2 rings (SSSR count). The summed E-state index contributed by atoms with van der Waals surface area (Å²) in [5.41, 5.74) is 2.38. The molecule has 0 saturated heterocycles. The lowest BCUT2D eigenvalue weighted by Gasteiger charge is -2.14. The van der Waals surface area contributed by atoms with E-state index in [1.165, 1.54) is 5.56 Å². The molecule has 0 aliphatic carbocycles. The Kier molecular flexibility index (Phi) is 6.56. The van der Waals surface area contributed by atoms with Gasteiger partial charge in [-0.05, 0) is 43.7 Å². The molecule has 0 aliphatic rings. The van der Waals surface area contributed by atoms with E-state index in [4.69, 9.17) is 21.1 Å². The Bertz CT molecular complexity index is 584. The number of nitrogens with one attached hydrogen (secondary N) is 1. The molecule has 0 spiro atoms. The summed E-state index contributed by atoms with van der Waals surface area (Å²) >= 11 is 5.89. The van der Waals surface area contributed by atoms with E-state index in [0.29, 0.717) is 6.61 Å². The first-order valence-electron chi connectivity index (χ1n) is 7.48. The lowest BCUT2D eigenvalue weighted by atomic mass is 10.1. The Morgan fingerprint density at radius 3 is 2.55 bits per heavy atom. The van der Waals surface area contributed by atoms with Gasteiger partial charge >= 0.3 is 0 Å². The summed E-state index contributed by atoms with van der Waals surface area (Å²) < 4.78 is 11.1. The molecule has 0 fully saturated rings. The van der Waals surface area contributed by atoms with Gasteiger partial charge < -0.3 is 14.8 Å². The Morgan fingerprint density at radius 1 is 1.09 bits per heavy atom. The molecule has 0 aliphatic heterocycles. The van der Waals surface area contributed by atoms with Crippen molar-refractivity contribution in [2.45, 2.75) is 19.9 Å². The summed E-state index contributed by atoms with van der Waals surface area (Å²) in [6.45, 7) is 4.24. The van der Waals surface area contributed by atoms with Crippen molar-refractivity contribution in [1.29, 1.82) is 0 Å². The fraction of sp³-hybridized carbons (Fsp3) is 0.333. The van der Waals surface area contributed by atoms with E-state index in [0.717, 1.165) is 41.6 Å². The van der Waals surface area contributed by atoms with Gasteiger partial charge in [-0.15, -0.1) is 0 Å². The summed E-state index contributed by atoms with van der Waals surface area (Å²) in [6.07, 6.45) is 0.963. The highest BCUT2D eigenvalue weighted by molar-refractivity contribution is 6.30. The highest BCUT2D eigenvalue weighted by Gasteiger charge is 2.09. The quantitative estimate of drug-likeness (QED) is 0.744. The molecule has 0 atom stereocenters. The first-order chi connectivity index (χ1) is 10.7. The van der Waals surface area contributed by atoms with Crippen LogP contribution < -0.4 is 14.8 Å². The average Bonchev–Trinajstić information content (AvgIpc) is 2.54. The fourth-order valence-corrected chi connectivity index (χ4v) is 2.40. The number of hydrogen-bond acceptors (Lipinski definition) is 3. The summed E-state index contributed by atoms with van der Waals surface area (Å²) in [5.74, 6) is 1.60. The maximum Gasteiger partial charge on any atom is 0.165 e. The van der Waals surface area contributed by atoms with Gasteiger partial charge in [-0.25, -0.2) is 0 Å². The highest BCUT2D eigenvalue weighted by Crippen LogP contribution is 2.30. The topological polar surface area (TPSA) is 30.5 Å². The van der Waals surface area contributed by atoms with Crippen molar-refractivity contribution >= 4 is 11.6 Å². The first kappa shape index (κ1) is 16.7. The predicted octanol–water partition coefficient (Wildman–Crippen LogP) is 4.08. The number of para-hydroxylation sites is 1. The minimum absolute atomic E-state index is 0.623. The van der Waals surface area contributed by atoms with Crippen molar-refractivity contribution in [3.8, 4) is 11.5 Å². The van der Waals surface area contributed by atoms with Gasteiger partial charge in [-0.2, -0.15) is 0 Å². The third-order valence-electron chi connectivity index (χ3n) is 3.39. The third kappa shape index (κ3) is 4.65. The zero-order valence-corrected chi connectivity index (χ0v) is 13.8. The molecule has 118 valence electrons. The second kappa shape index (κ2) is 8.66. The van der Waals surface area contributed by atoms with Crippen molar-refractivity contribution in [2.75, 3.05) is 20.3 Å². The monoisotopic (exact) mass is 319 g/mol. The first-order valence-corrected chi connectivity index (χ1v) is 7.86. The van der Waals surface area contributed by atoms with E-state index >= 15 is 0 Å². The second-order valence-corrected chi connectivity index (χ2v) is 5.37. The predicted molar refractivity (Wildman–Crippen MR) is 91.0 cm³/mol. The van der Waals surface area contributed by atoms with E-state index < -0.39 is 0 Å². The van der Waals surface area contributed by atoms with Gasteiger partial charge in [0.15, 0.2) is 11.5 Å². The molecule has 0 saturated carbocycles. The summed E-state index contributed by atoms with van der Waals surface area (Å²) in [5, 5.41) is 4.22. The van der Waals surface area contributed by atoms with Gasteiger partial charge in [-0.3, -0.25) is 0 Å². The molecule has 3 nitrogen and oxygen atoms in total. The van der Waals surface area contributed by atoms with Gasteiger partial charge in [-0.1, -0.05) is 35.9 Å². The third-order valence-corrected chi connectivity index (χ3v) is 3.64. The van der Waals surface area contributed by atoms with Crippen molar-refractivity contribution in [2.24, 2.45) is 0 Å². The highest BCUT2D eigenvalue weighted by atomic mass is 35.5. The molecule has 1 N–H and O–H groups in total. The SMILES string of the molecule is CCOc1c(CNCCc2ccc(Cl)cc2)cccc1OC. The molecule has 2 aromatic carbocycles. The number of rotatable bonds is 8. The van der Waals surface area contributed by atoms with Crippen LogP contribution in [-0.2, 0) is 13.0 Å². The molecule has 0 unspecified atom stereocenters. The Balaban J connectivity index is 1.89.